The molecule has 6 heteroatoms. The number of hydrogen-bond acceptors (Lipinski definition) is 5. The van der Waals surface area contributed by atoms with Gasteiger partial charge in [0.2, 0.25) is 17.6 Å². The number of benzene rings is 1. The van der Waals surface area contributed by atoms with Gasteiger partial charge in [0.25, 0.3) is 0 Å². The Bertz CT molecular complexity index is 832. The van der Waals surface area contributed by atoms with Gasteiger partial charge >= 0.3 is 5.97 Å². The van der Waals surface area contributed by atoms with Crippen molar-refractivity contribution in [3.8, 4) is 0 Å². The molecular formula is C22H25NO5. The van der Waals surface area contributed by atoms with Crippen molar-refractivity contribution in [1.29, 1.82) is 0 Å². The van der Waals surface area contributed by atoms with Crippen LogP contribution in [0.2, 0.25) is 0 Å². The van der Waals surface area contributed by atoms with Gasteiger partial charge in [0.15, 0.2) is 6.61 Å². The monoisotopic (exact) mass is 383 g/mol. The van der Waals surface area contributed by atoms with Gasteiger partial charge in [0.1, 0.15) is 0 Å². The Morgan fingerprint density at radius 2 is 1.71 bits per heavy atom. The zero-order valence-corrected chi connectivity index (χ0v) is 16.3. The third kappa shape index (κ3) is 3.15. The van der Waals surface area contributed by atoms with E-state index in [0.29, 0.717) is 17.4 Å². The third-order valence-corrected chi connectivity index (χ3v) is 6.62. The molecule has 1 aromatic rings. The van der Waals surface area contributed by atoms with E-state index in [9.17, 15) is 19.2 Å². The molecule has 4 atom stereocenters. The molecule has 1 aliphatic heterocycles. The van der Waals surface area contributed by atoms with E-state index in [1.165, 1.54) is 4.90 Å². The first-order chi connectivity index (χ1) is 13.4. The number of aryl methyl sites for hydroxylation is 2. The number of ether oxygens (including phenoxy) is 1. The summed E-state index contributed by atoms with van der Waals surface area (Å²) in [6.07, 6.45) is 2.97. The molecule has 2 amide bonds. The van der Waals surface area contributed by atoms with Crippen molar-refractivity contribution in [3.05, 3.63) is 34.9 Å². The first-order valence-electron chi connectivity index (χ1n) is 9.98. The Morgan fingerprint density at radius 3 is 2.36 bits per heavy atom. The van der Waals surface area contributed by atoms with Crippen LogP contribution in [0.3, 0.4) is 0 Å². The van der Waals surface area contributed by atoms with Crippen LogP contribution in [-0.2, 0) is 19.1 Å². The highest BCUT2D eigenvalue weighted by Crippen LogP contribution is 2.56. The maximum Gasteiger partial charge on any atom is 0.308 e. The number of nitrogens with zero attached hydrogens (tertiary/aromatic N) is 1. The van der Waals surface area contributed by atoms with E-state index < -0.39 is 5.97 Å². The Labute approximate surface area is 164 Å². The fourth-order valence-corrected chi connectivity index (χ4v) is 5.23. The molecule has 6 nitrogen and oxygen atoms in total. The minimum Gasteiger partial charge on any atom is -0.457 e. The standard InChI is InChI=1S/C22H25NO5/c1-12-3-4-13(2)16(9-12)17(24)11-28-18(25)7-8-23-21(26)19-14-5-6-15(10-14)20(19)22(23)27/h3-4,9,14-15,19-20H,5-8,10-11H2,1-2H3/t14-,15-,19-,20+/m0/s1. The number of imide groups is 1. The molecule has 148 valence electrons. The number of Topliss-reactive ketones (excluding diaryl/α,β-unsaturated/α-hetero) is 1. The molecule has 0 radical (unpaired) electrons. The van der Waals surface area contributed by atoms with Crippen molar-refractivity contribution in [3.63, 3.8) is 0 Å². The summed E-state index contributed by atoms with van der Waals surface area (Å²) >= 11 is 0. The normalized spacial score (nSPS) is 28.0. The number of likely N-dealkylation sites (tertiary alicyclic amines) is 1. The van der Waals surface area contributed by atoms with Gasteiger partial charge in [-0.15, -0.1) is 0 Å². The van der Waals surface area contributed by atoms with E-state index in [1.807, 2.05) is 26.0 Å². The minimum atomic E-state index is -0.570. The molecule has 0 unspecified atom stereocenters. The molecule has 1 heterocycles. The predicted molar refractivity (Wildman–Crippen MR) is 100 cm³/mol. The van der Waals surface area contributed by atoms with Gasteiger partial charge in [-0.1, -0.05) is 17.7 Å². The summed E-state index contributed by atoms with van der Waals surface area (Å²) in [6, 6.07) is 5.56. The van der Waals surface area contributed by atoms with Crippen molar-refractivity contribution in [2.75, 3.05) is 13.2 Å². The second-order valence-corrected chi connectivity index (χ2v) is 8.37. The summed E-state index contributed by atoms with van der Waals surface area (Å²) in [6.45, 7) is 3.44. The molecule has 3 fully saturated rings. The van der Waals surface area contributed by atoms with Crippen LogP contribution in [0.25, 0.3) is 0 Å². The van der Waals surface area contributed by atoms with Gasteiger partial charge < -0.3 is 4.74 Å². The summed E-state index contributed by atoms with van der Waals surface area (Å²) in [7, 11) is 0. The molecule has 3 aliphatic rings. The molecule has 1 saturated heterocycles. The van der Waals surface area contributed by atoms with Crippen molar-refractivity contribution in [2.24, 2.45) is 23.7 Å². The molecule has 0 N–H and O–H groups in total. The van der Waals surface area contributed by atoms with Gasteiger partial charge in [-0.2, -0.15) is 0 Å². The lowest BCUT2D eigenvalue weighted by atomic mass is 9.81. The van der Waals surface area contributed by atoms with Gasteiger partial charge in [0.05, 0.1) is 18.3 Å². The van der Waals surface area contributed by atoms with Crippen molar-refractivity contribution in [1.82, 2.24) is 4.90 Å². The Morgan fingerprint density at radius 1 is 1.07 bits per heavy atom. The van der Waals surface area contributed by atoms with Crippen LogP contribution in [0.5, 0.6) is 0 Å². The van der Waals surface area contributed by atoms with E-state index in [2.05, 4.69) is 0 Å². The summed E-state index contributed by atoms with van der Waals surface area (Å²) in [5, 5.41) is 0. The van der Waals surface area contributed by atoms with E-state index in [1.54, 1.807) is 6.07 Å². The molecule has 2 bridgehead atoms. The van der Waals surface area contributed by atoms with Crippen LogP contribution in [0.15, 0.2) is 18.2 Å². The minimum absolute atomic E-state index is 0.0423. The van der Waals surface area contributed by atoms with Gasteiger partial charge in [0, 0.05) is 12.1 Å². The number of fused-ring (bicyclic) bond motifs is 5. The molecule has 2 saturated carbocycles. The quantitative estimate of drug-likeness (QED) is 0.428. The van der Waals surface area contributed by atoms with Gasteiger partial charge in [-0.05, 0) is 56.6 Å². The number of carbonyl (C=O) groups is 4. The average Bonchev–Trinajstić information content (AvgIpc) is 3.34. The fourth-order valence-electron chi connectivity index (χ4n) is 5.23. The second kappa shape index (κ2) is 7.15. The van der Waals surface area contributed by atoms with Crippen LogP contribution >= 0.6 is 0 Å². The van der Waals surface area contributed by atoms with Crippen LogP contribution in [-0.4, -0.2) is 41.6 Å². The van der Waals surface area contributed by atoms with E-state index in [4.69, 9.17) is 4.74 Å². The van der Waals surface area contributed by atoms with Crippen molar-refractivity contribution >= 4 is 23.6 Å². The number of amides is 2. The van der Waals surface area contributed by atoms with E-state index >= 15 is 0 Å². The number of rotatable bonds is 6. The van der Waals surface area contributed by atoms with E-state index in [0.717, 1.165) is 30.4 Å². The zero-order valence-electron chi connectivity index (χ0n) is 16.3. The lowest BCUT2D eigenvalue weighted by molar-refractivity contribution is -0.145. The fraction of sp³-hybridized carbons (Fsp3) is 0.545. The van der Waals surface area contributed by atoms with Crippen LogP contribution < -0.4 is 0 Å². The first kappa shape index (κ1) is 18.8. The Kier molecular flexibility index (Phi) is 4.81. The number of carbonyl (C=O) groups excluding carboxylic acids is 4. The summed E-state index contributed by atoms with van der Waals surface area (Å²) in [5.41, 5.74) is 2.34. The smallest absolute Gasteiger partial charge is 0.308 e. The van der Waals surface area contributed by atoms with Crippen molar-refractivity contribution < 1.29 is 23.9 Å². The zero-order chi connectivity index (χ0) is 20.0. The highest BCUT2D eigenvalue weighted by molar-refractivity contribution is 6.06. The SMILES string of the molecule is Cc1ccc(C)c(C(=O)COC(=O)CCN2C(=O)[C@@H]3[C@H]4CC[C@@H](C4)[C@@H]3C2=O)c1. The van der Waals surface area contributed by atoms with E-state index in [-0.39, 0.29) is 49.0 Å². The molecule has 4 rings (SSSR count). The highest BCUT2D eigenvalue weighted by atomic mass is 16.5. The molecule has 0 aromatic heterocycles. The second-order valence-electron chi connectivity index (χ2n) is 8.37. The summed E-state index contributed by atoms with van der Waals surface area (Å²) in [5.74, 6) is -0.755. The highest BCUT2D eigenvalue weighted by Gasteiger charge is 2.60. The molecule has 28 heavy (non-hydrogen) atoms. The predicted octanol–water partition coefficient (Wildman–Crippen LogP) is 2.45. The third-order valence-electron chi connectivity index (χ3n) is 6.62. The van der Waals surface area contributed by atoms with Crippen LogP contribution in [0.1, 0.15) is 47.2 Å². The maximum absolute atomic E-state index is 12.6. The summed E-state index contributed by atoms with van der Waals surface area (Å²) in [4.78, 5) is 50.8. The topological polar surface area (TPSA) is 80.8 Å². The van der Waals surface area contributed by atoms with Gasteiger partial charge in [-0.3, -0.25) is 24.1 Å². The summed E-state index contributed by atoms with van der Waals surface area (Å²) < 4.78 is 5.09. The Balaban J connectivity index is 1.29. The van der Waals surface area contributed by atoms with Crippen molar-refractivity contribution in [2.45, 2.75) is 39.5 Å². The van der Waals surface area contributed by atoms with Gasteiger partial charge in [-0.25, -0.2) is 0 Å². The van der Waals surface area contributed by atoms with Crippen LogP contribution in [0.4, 0.5) is 0 Å². The van der Waals surface area contributed by atoms with Crippen LogP contribution in [0, 0.1) is 37.5 Å². The largest absolute Gasteiger partial charge is 0.457 e. The number of esters is 1. The first-order valence-corrected chi connectivity index (χ1v) is 9.98. The number of ketones is 1. The lowest BCUT2D eigenvalue weighted by Crippen LogP contribution is -2.35. The molecule has 0 spiro atoms. The molecular weight excluding hydrogens is 358 g/mol. The maximum atomic E-state index is 12.6. The molecule has 1 aromatic carbocycles. The molecule has 2 aliphatic carbocycles. The Hall–Kier alpha value is -2.50. The average molecular weight is 383 g/mol. The lowest BCUT2D eigenvalue weighted by Gasteiger charge is -2.19. The number of hydrogen-bond donors (Lipinski definition) is 0.